The van der Waals surface area contributed by atoms with E-state index in [1.165, 1.54) is 0 Å². The number of amides is 1. The lowest BCUT2D eigenvalue weighted by atomic mass is 10.1. The van der Waals surface area contributed by atoms with Crippen molar-refractivity contribution in [1.29, 1.82) is 0 Å². The van der Waals surface area contributed by atoms with E-state index in [2.05, 4.69) is 10.3 Å². The quantitative estimate of drug-likeness (QED) is 0.623. The summed E-state index contributed by atoms with van der Waals surface area (Å²) < 4.78 is 21.2. The minimum Gasteiger partial charge on any atom is -0.493 e. The molecule has 0 aliphatic rings. The number of fused-ring (bicyclic) bond motifs is 1. The minimum absolute atomic E-state index is 0.154. The highest BCUT2D eigenvalue weighted by Crippen LogP contribution is 2.33. The number of nitrogens with one attached hydrogen (secondary N) is 2. The molecule has 7 nitrogen and oxygen atoms in total. The lowest BCUT2D eigenvalue weighted by molar-refractivity contribution is 0.0956. The first-order chi connectivity index (χ1) is 13.6. The first kappa shape index (κ1) is 19.4. The third-order valence-electron chi connectivity index (χ3n) is 4.58. The van der Waals surface area contributed by atoms with Gasteiger partial charge in [0.25, 0.3) is 5.91 Å². The van der Waals surface area contributed by atoms with Crippen molar-refractivity contribution in [2.75, 3.05) is 35.0 Å². The van der Waals surface area contributed by atoms with E-state index in [0.717, 1.165) is 16.5 Å². The van der Waals surface area contributed by atoms with Gasteiger partial charge in [0.1, 0.15) is 0 Å². The maximum absolute atomic E-state index is 12.6. The molecule has 28 heavy (non-hydrogen) atoms. The third-order valence-corrected chi connectivity index (χ3v) is 4.58. The van der Waals surface area contributed by atoms with Gasteiger partial charge in [-0.1, -0.05) is 6.07 Å². The summed E-state index contributed by atoms with van der Waals surface area (Å²) in [5.41, 5.74) is 2.41. The number of benzene rings is 2. The largest absolute Gasteiger partial charge is 0.493 e. The summed E-state index contributed by atoms with van der Waals surface area (Å²) in [5.74, 6) is 2.38. The normalized spacial score (nSPS) is 10.6. The highest BCUT2D eigenvalue weighted by atomic mass is 16.5. The van der Waals surface area contributed by atoms with Crippen molar-refractivity contribution in [2.45, 2.75) is 6.42 Å². The molecule has 0 fully saturated rings. The molecular formula is C21H24N2O5. The van der Waals surface area contributed by atoms with Gasteiger partial charge in [-0.05, 0) is 30.2 Å². The van der Waals surface area contributed by atoms with Crippen LogP contribution in [0.15, 0.2) is 36.5 Å². The van der Waals surface area contributed by atoms with Crippen LogP contribution in [-0.4, -0.2) is 45.9 Å². The van der Waals surface area contributed by atoms with E-state index in [1.807, 2.05) is 24.3 Å². The molecule has 0 aliphatic heterocycles. The number of aromatic nitrogens is 1. The molecule has 0 radical (unpaired) electrons. The second kappa shape index (κ2) is 8.56. The number of rotatable bonds is 8. The van der Waals surface area contributed by atoms with E-state index in [-0.39, 0.29) is 5.91 Å². The van der Waals surface area contributed by atoms with Crippen molar-refractivity contribution < 1.29 is 23.7 Å². The van der Waals surface area contributed by atoms with Crippen LogP contribution in [0.25, 0.3) is 10.9 Å². The zero-order valence-electron chi connectivity index (χ0n) is 16.4. The number of carbonyl (C=O) groups is 1. The van der Waals surface area contributed by atoms with Gasteiger partial charge in [0, 0.05) is 24.2 Å². The van der Waals surface area contributed by atoms with Gasteiger partial charge >= 0.3 is 0 Å². The monoisotopic (exact) mass is 384 g/mol. The Balaban J connectivity index is 1.70. The predicted molar refractivity (Wildman–Crippen MR) is 107 cm³/mol. The number of aromatic amines is 1. The average molecular weight is 384 g/mol. The Morgan fingerprint density at radius 2 is 1.54 bits per heavy atom. The molecule has 2 aromatic carbocycles. The van der Waals surface area contributed by atoms with Gasteiger partial charge in [-0.2, -0.15) is 0 Å². The van der Waals surface area contributed by atoms with Gasteiger partial charge in [0.05, 0.1) is 39.5 Å². The molecule has 0 saturated heterocycles. The van der Waals surface area contributed by atoms with Crippen LogP contribution in [0.4, 0.5) is 0 Å². The zero-order chi connectivity index (χ0) is 20.1. The second-order valence-corrected chi connectivity index (χ2v) is 6.15. The number of hydrogen-bond donors (Lipinski definition) is 2. The predicted octanol–water partition coefficient (Wildman–Crippen LogP) is 3.17. The van der Waals surface area contributed by atoms with Gasteiger partial charge in [0.2, 0.25) is 0 Å². The molecule has 0 atom stereocenters. The van der Waals surface area contributed by atoms with Crippen LogP contribution in [0.1, 0.15) is 15.9 Å². The van der Waals surface area contributed by atoms with Crippen molar-refractivity contribution in [1.82, 2.24) is 10.3 Å². The van der Waals surface area contributed by atoms with Crippen LogP contribution in [0, 0.1) is 0 Å². The Morgan fingerprint density at radius 1 is 0.893 bits per heavy atom. The Kier molecular flexibility index (Phi) is 5.93. The first-order valence-electron chi connectivity index (χ1n) is 8.83. The molecule has 2 N–H and O–H groups in total. The van der Waals surface area contributed by atoms with Crippen LogP contribution < -0.4 is 24.3 Å². The van der Waals surface area contributed by atoms with Crippen molar-refractivity contribution in [3.05, 3.63) is 47.7 Å². The standard InChI is InChI=1S/C21H24N2O5/c1-25-17-6-5-13(9-18(17)26-2)7-8-22-21(24)15-12-23-16-11-20(28-4)19(27-3)10-14(15)16/h5-6,9-12,23H,7-8H2,1-4H3,(H,22,24). The third kappa shape index (κ3) is 3.83. The smallest absolute Gasteiger partial charge is 0.253 e. The van der Waals surface area contributed by atoms with Crippen molar-refractivity contribution in [2.24, 2.45) is 0 Å². The second-order valence-electron chi connectivity index (χ2n) is 6.15. The maximum Gasteiger partial charge on any atom is 0.253 e. The lowest BCUT2D eigenvalue weighted by Gasteiger charge is -2.10. The van der Waals surface area contributed by atoms with E-state index in [1.54, 1.807) is 40.7 Å². The summed E-state index contributed by atoms with van der Waals surface area (Å²) in [6, 6.07) is 9.34. The molecule has 7 heteroatoms. The fourth-order valence-corrected chi connectivity index (χ4v) is 3.09. The topological polar surface area (TPSA) is 81.8 Å². The highest BCUT2D eigenvalue weighted by Gasteiger charge is 2.15. The van der Waals surface area contributed by atoms with Gasteiger partial charge in [-0.3, -0.25) is 4.79 Å². The van der Waals surface area contributed by atoms with Crippen LogP contribution in [-0.2, 0) is 6.42 Å². The summed E-state index contributed by atoms with van der Waals surface area (Å²) in [4.78, 5) is 15.7. The molecule has 0 unspecified atom stereocenters. The van der Waals surface area contributed by atoms with E-state index in [4.69, 9.17) is 18.9 Å². The Hall–Kier alpha value is -3.35. The maximum atomic E-state index is 12.6. The summed E-state index contributed by atoms with van der Waals surface area (Å²) in [7, 11) is 6.35. The molecule has 1 heterocycles. The molecule has 3 rings (SSSR count). The first-order valence-corrected chi connectivity index (χ1v) is 8.83. The fraction of sp³-hybridized carbons (Fsp3) is 0.286. The number of methoxy groups -OCH3 is 4. The Labute approximate surface area is 163 Å². The Morgan fingerprint density at radius 3 is 2.21 bits per heavy atom. The molecule has 1 aromatic heterocycles. The summed E-state index contributed by atoms with van der Waals surface area (Å²) >= 11 is 0. The van der Waals surface area contributed by atoms with E-state index >= 15 is 0 Å². The molecule has 0 aliphatic carbocycles. The molecule has 0 spiro atoms. The van der Waals surface area contributed by atoms with Crippen molar-refractivity contribution in [3.8, 4) is 23.0 Å². The van der Waals surface area contributed by atoms with Crippen molar-refractivity contribution in [3.63, 3.8) is 0 Å². The number of carbonyl (C=O) groups excluding carboxylic acids is 1. The molecule has 3 aromatic rings. The number of ether oxygens (including phenoxy) is 4. The summed E-state index contributed by atoms with van der Waals surface area (Å²) in [5, 5.41) is 3.73. The number of H-pyrrole nitrogens is 1. The lowest BCUT2D eigenvalue weighted by Crippen LogP contribution is -2.25. The molecule has 148 valence electrons. The number of hydrogen-bond acceptors (Lipinski definition) is 5. The van der Waals surface area contributed by atoms with Crippen LogP contribution in [0.2, 0.25) is 0 Å². The van der Waals surface area contributed by atoms with Gasteiger partial charge in [-0.15, -0.1) is 0 Å². The van der Waals surface area contributed by atoms with Gasteiger partial charge in [-0.25, -0.2) is 0 Å². The van der Waals surface area contributed by atoms with E-state index < -0.39 is 0 Å². The molecule has 1 amide bonds. The molecular weight excluding hydrogens is 360 g/mol. The Bertz CT molecular complexity index is 980. The minimum atomic E-state index is -0.154. The summed E-state index contributed by atoms with van der Waals surface area (Å²) in [6.07, 6.45) is 2.36. The van der Waals surface area contributed by atoms with E-state index in [9.17, 15) is 4.79 Å². The molecule has 0 bridgehead atoms. The highest BCUT2D eigenvalue weighted by molar-refractivity contribution is 6.07. The van der Waals surface area contributed by atoms with E-state index in [0.29, 0.717) is 41.5 Å². The van der Waals surface area contributed by atoms with Crippen LogP contribution >= 0.6 is 0 Å². The fourth-order valence-electron chi connectivity index (χ4n) is 3.09. The zero-order valence-corrected chi connectivity index (χ0v) is 16.4. The van der Waals surface area contributed by atoms with Crippen LogP contribution in [0.3, 0.4) is 0 Å². The average Bonchev–Trinajstić information content (AvgIpc) is 3.15. The van der Waals surface area contributed by atoms with Crippen LogP contribution in [0.5, 0.6) is 23.0 Å². The van der Waals surface area contributed by atoms with Gasteiger partial charge in [0.15, 0.2) is 23.0 Å². The summed E-state index contributed by atoms with van der Waals surface area (Å²) in [6.45, 7) is 0.494. The SMILES string of the molecule is COc1ccc(CCNC(=O)c2c[nH]c3cc(OC)c(OC)cc23)cc1OC. The van der Waals surface area contributed by atoms with Gasteiger partial charge < -0.3 is 29.2 Å². The van der Waals surface area contributed by atoms with Crippen molar-refractivity contribution >= 4 is 16.8 Å². The molecule has 0 saturated carbocycles.